The monoisotopic (exact) mass is 526 g/mol. The van der Waals surface area contributed by atoms with Gasteiger partial charge in [0.15, 0.2) is 0 Å². The Hall–Kier alpha value is -2.67. The Labute approximate surface area is 206 Å². The van der Waals surface area contributed by atoms with Gasteiger partial charge >= 0.3 is 12.5 Å². The van der Waals surface area contributed by atoms with E-state index in [9.17, 15) is 23.2 Å². The van der Waals surface area contributed by atoms with Gasteiger partial charge in [-0.25, -0.2) is 4.89 Å². The average molecular weight is 527 g/mol. The molecule has 2 aromatic carbocycles. The molecule has 1 atom stereocenters. The Morgan fingerprint density at radius 2 is 1.94 bits per heavy atom. The Bertz CT molecular complexity index is 1120. The largest absolute Gasteiger partial charge is 0.435 e. The normalized spacial score (nSPS) is 22.9. The highest BCUT2D eigenvalue weighted by atomic mass is 32.3. The lowest BCUT2D eigenvalue weighted by Crippen LogP contribution is -2.28. The van der Waals surface area contributed by atoms with Crippen LogP contribution >= 0.6 is 22.3 Å². The van der Waals surface area contributed by atoms with Crippen molar-refractivity contribution in [3.8, 4) is 5.75 Å². The Morgan fingerprint density at radius 3 is 2.57 bits per heavy atom. The van der Waals surface area contributed by atoms with Crippen molar-refractivity contribution < 1.29 is 37.1 Å². The number of alkyl halides is 2. The van der Waals surface area contributed by atoms with Crippen LogP contribution in [0.3, 0.4) is 0 Å². The minimum absolute atomic E-state index is 0.0385. The van der Waals surface area contributed by atoms with Gasteiger partial charge in [0.05, 0.1) is 23.5 Å². The number of ketones is 1. The highest BCUT2D eigenvalue weighted by Gasteiger charge is 2.38. The van der Waals surface area contributed by atoms with Crippen molar-refractivity contribution in [3.63, 3.8) is 0 Å². The first-order valence-corrected chi connectivity index (χ1v) is 14.1. The third kappa shape index (κ3) is 5.95. The van der Waals surface area contributed by atoms with Crippen molar-refractivity contribution in [1.82, 2.24) is 4.72 Å². The smallest absolute Gasteiger partial charge is 0.387 e. The summed E-state index contributed by atoms with van der Waals surface area (Å²) in [5.41, 5.74) is 0.651. The molecule has 1 N–H and O–H groups in total. The van der Waals surface area contributed by atoms with Crippen LogP contribution in [0.2, 0.25) is 0 Å². The van der Waals surface area contributed by atoms with Gasteiger partial charge in [-0.05, 0) is 65.2 Å². The van der Waals surface area contributed by atoms with Crippen LogP contribution in [0, 0.1) is 0 Å². The molecule has 8 nitrogen and oxygen atoms in total. The van der Waals surface area contributed by atoms with E-state index in [-0.39, 0.29) is 28.3 Å². The van der Waals surface area contributed by atoms with Gasteiger partial charge in [-0.1, -0.05) is 6.07 Å². The summed E-state index contributed by atoms with van der Waals surface area (Å²) in [6, 6.07) is 9.70. The predicted octanol–water partition coefficient (Wildman–Crippen LogP) is 4.62. The Morgan fingerprint density at radius 1 is 1.17 bits per heavy atom. The maximum atomic E-state index is 12.6. The van der Waals surface area contributed by atoms with Crippen LogP contribution in [0.25, 0.3) is 0 Å². The fraction of sp³-hybridized carbons (Fsp3) is 0.348. The fourth-order valence-corrected chi connectivity index (χ4v) is 6.04. The molecule has 2 amide bonds. The molecule has 2 saturated heterocycles. The molecule has 2 aromatic rings. The lowest BCUT2D eigenvalue weighted by molar-refractivity contribution is -0.173. The van der Waals surface area contributed by atoms with Crippen molar-refractivity contribution in [2.45, 2.75) is 19.5 Å². The minimum atomic E-state index is -3.03. The van der Waals surface area contributed by atoms with Gasteiger partial charge in [-0.3, -0.25) is 24.0 Å². The molecule has 0 aliphatic carbocycles. The highest BCUT2D eigenvalue weighted by molar-refractivity contribution is 8.28. The second-order valence-corrected chi connectivity index (χ2v) is 11.9. The van der Waals surface area contributed by atoms with Crippen molar-refractivity contribution in [3.05, 3.63) is 53.6 Å². The van der Waals surface area contributed by atoms with E-state index in [1.165, 1.54) is 66.8 Å². The summed E-state index contributed by atoms with van der Waals surface area (Å²) in [7, 11) is -1.92. The number of nitrogens with one attached hydrogen (secondary N) is 1. The number of halogens is 2. The summed E-state index contributed by atoms with van der Waals surface area (Å²) >= 11 is 2.07. The number of carbonyl (C=O) groups excluding carboxylic acids is 3. The van der Waals surface area contributed by atoms with Crippen LogP contribution in [0.4, 0.5) is 20.2 Å². The third-order valence-corrected chi connectivity index (χ3v) is 8.45. The molecule has 0 spiro atoms. The SMILES string of the molecule is C1CCSC1.CS1(NC(=O)c2ccc3c(c2)C(=O)C(=O)N3c2cccc(OC(F)F)c2)CCOO1. The first kappa shape index (κ1) is 25.4. The number of nitrogens with zero attached hydrogens (tertiary/aromatic N) is 1. The van der Waals surface area contributed by atoms with E-state index in [1.807, 2.05) is 0 Å². The molecule has 1 unspecified atom stereocenters. The number of carbonyl (C=O) groups is 3. The molecule has 5 rings (SSSR count). The molecule has 2 fully saturated rings. The summed E-state index contributed by atoms with van der Waals surface area (Å²) < 4.78 is 37.2. The van der Waals surface area contributed by atoms with Crippen molar-refractivity contribution in [2.24, 2.45) is 0 Å². The van der Waals surface area contributed by atoms with E-state index in [4.69, 9.17) is 9.22 Å². The van der Waals surface area contributed by atoms with Gasteiger partial charge in [-0.2, -0.15) is 24.9 Å². The van der Waals surface area contributed by atoms with E-state index in [0.29, 0.717) is 12.4 Å². The van der Waals surface area contributed by atoms with Gasteiger partial charge < -0.3 is 4.74 Å². The maximum absolute atomic E-state index is 12.6. The van der Waals surface area contributed by atoms with Gasteiger partial charge in [0.2, 0.25) is 0 Å². The molecule has 12 heteroatoms. The quantitative estimate of drug-likeness (QED) is 0.449. The van der Waals surface area contributed by atoms with Gasteiger partial charge in [-0.15, -0.1) is 0 Å². The highest BCUT2D eigenvalue weighted by Crippen LogP contribution is 2.45. The van der Waals surface area contributed by atoms with Gasteiger partial charge in [0.1, 0.15) is 5.75 Å². The number of rotatable bonds is 5. The van der Waals surface area contributed by atoms with Crippen LogP contribution in [0.1, 0.15) is 33.6 Å². The Balaban J connectivity index is 0.000000514. The molecule has 188 valence electrons. The number of Topliss-reactive ketones (excluding diaryl/α,β-unsaturated/α-hetero) is 1. The minimum Gasteiger partial charge on any atom is -0.435 e. The topological polar surface area (TPSA) is 94.2 Å². The molecule has 35 heavy (non-hydrogen) atoms. The number of fused-ring (bicyclic) bond motifs is 1. The summed E-state index contributed by atoms with van der Waals surface area (Å²) in [5.74, 6) is 1.08. The number of ether oxygens (including phenoxy) is 1. The second kappa shape index (κ2) is 10.9. The lowest BCUT2D eigenvalue weighted by atomic mass is 10.1. The maximum Gasteiger partial charge on any atom is 0.387 e. The zero-order valence-electron chi connectivity index (χ0n) is 18.8. The molecule has 0 saturated carbocycles. The van der Waals surface area contributed by atoms with Gasteiger partial charge in [0, 0.05) is 23.6 Å². The van der Waals surface area contributed by atoms with Crippen LogP contribution in [-0.4, -0.2) is 54.3 Å². The van der Waals surface area contributed by atoms with Crippen molar-refractivity contribution >= 4 is 51.2 Å². The number of thioether (sulfide) groups is 1. The summed E-state index contributed by atoms with van der Waals surface area (Å²) in [6.07, 6.45) is 4.66. The molecular weight excluding hydrogens is 502 g/mol. The molecular formula is C23H24F2N2O6S2. The zero-order chi connectivity index (χ0) is 25.0. The molecule has 3 heterocycles. The third-order valence-electron chi connectivity index (χ3n) is 5.33. The van der Waals surface area contributed by atoms with Crippen molar-refractivity contribution in [2.75, 3.05) is 35.0 Å². The molecule has 3 aliphatic heterocycles. The van der Waals surface area contributed by atoms with Crippen LogP contribution in [0.5, 0.6) is 5.75 Å². The summed E-state index contributed by atoms with van der Waals surface area (Å²) in [6.45, 7) is -2.66. The lowest BCUT2D eigenvalue weighted by Gasteiger charge is -2.27. The second-order valence-electron chi connectivity index (χ2n) is 7.93. The molecule has 0 bridgehead atoms. The van der Waals surface area contributed by atoms with Crippen LogP contribution in [0.15, 0.2) is 42.5 Å². The van der Waals surface area contributed by atoms with E-state index in [1.54, 1.807) is 6.26 Å². The number of hydrogen-bond acceptors (Lipinski definition) is 7. The predicted molar refractivity (Wildman–Crippen MR) is 130 cm³/mol. The Kier molecular flexibility index (Phi) is 7.95. The zero-order valence-corrected chi connectivity index (χ0v) is 20.5. The number of anilines is 2. The number of benzene rings is 2. The first-order chi connectivity index (χ1) is 16.8. The van der Waals surface area contributed by atoms with Crippen LogP contribution < -0.4 is 14.4 Å². The standard InChI is InChI=1S/C19H16F2N2O6S.C4H8S/c1-30(8-7-27-29-30)22-17(25)11-5-6-15-14(9-11)16(24)18(26)23(15)12-3-2-4-13(10-12)28-19(20)21;1-2-4-5-3-1/h2-6,9-10,19H,7-8H2,1H3,(H,22,25);1-4H2. The molecule has 0 aromatic heterocycles. The van der Waals surface area contributed by atoms with Gasteiger partial charge in [0.25, 0.3) is 11.7 Å². The first-order valence-electron chi connectivity index (χ1n) is 10.8. The van der Waals surface area contributed by atoms with E-state index in [2.05, 4.69) is 21.2 Å². The van der Waals surface area contributed by atoms with Crippen LogP contribution in [-0.2, 0) is 14.0 Å². The van der Waals surface area contributed by atoms with E-state index < -0.39 is 34.7 Å². The number of hydrogen-bond donors (Lipinski definition) is 1. The summed E-state index contributed by atoms with van der Waals surface area (Å²) in [5, 5.41) is 0. The summed E-state index contributed by atoms with van der Waals surface area (Å²) in [4.78, 5) is 43.6. The van der Waals surface area contributed by atoms with E-state index >= 15 is 0 Å². The fourth-order valence-electron chi connectivity index (χ4n) is 3.64. The average Bonchev–Trinajstić information content (AvgIpc) is 3.58. The number of amides is 2. The molecule has 3 aliphatic rings. The van der Waals surface area contributed by atoms with E-state index in [0.717, 1.165) is 4.90 Å². The van der Waals surface area contributed by atoms with Crippen molar-refractivity contribution in [1.29, 1.82) is 0 Å². The molecule has 0 radical (unpaired) electrons.